The lowest BCUT2D eigenvalue weighted by atomic mass is 9.95. The van der Waals surface area contributed by atoms with E-state index in [1.54, 1.807) is 13.8 Å². The summed E-state index contributed by atoms with van der Waals surface area (Å²) >= 11 is 0. The van der Waals surface area contributed by atoms with E-state index in [1.165, 1.54) is 0 Å². The zero-order valence-corrected chi connectivity index (χ0v) is 10.5. The summed E-state index contributed by atoms with van der Waals surface area (Å²) < 4.78 is 0. The molecule has 0 bridgehead atoms. The van der Waals surface area contributed by atoms with Gasteiger partial charge in [-0.05, 0) is 26.3 Å². The molecule has 0 aliphatic heterocycles. The third-order valence-corrected chi connectivity index (χ3v) is 2.70. The molecule has 0 saturated carbocycles. The maximum atomic E-state index is 11.9. The zero-order chi connectivity index (χ0) is 12.9. The topological polar surface area (TPSA) is 52.9 Å². The lowest BCUT2D eigenvalue weighted by Gasteiger charge is -2.18. The molecule has 1 unspecified atom stereocenters. The van der Waals surface area contributed by atoms with E-state index in [9.17, 15) is 4.79 Å². The van der Waals surface area contributed by atoms with Gasteiger partial charge in [0, 0.05) is 6.54 Å². The van der Waals surface area contributed by atoms with Crippen molar-refractivity contribution in [3.63, 3.8) is 0 Å². The smallest absolute Gasteiger partial charge is 0.227 e. The van der Waals surface area contributed by atoms with Crippen molar-refractivity contribution >= 4 is 5.91 Å². The minimum Gasteiger partial charge on any atom is -0.354 e. The van der Waals surface area contributed by atoms with E-state index in [-0.39, 0.29) is 11.8 Å². The first kappa shape index (κ1) is 13.2. The number of carbonyl (C=O) groups is 1. The van der Waals surface area contributed by atoms with Crippen molar-refractivity contribution in [1.29, 1.82) is 5.26 Å². The number of hydrogen-bond donors (Lipinski definition) is 1. The highest BCUT2D eigenvalue weighted by molar-refractivity contribution is 5.83. The molecular formula is C14H18N2O. The molecule has 1 N–H and O–H groups in total. The van der Waals surface area contributed by atoms with Crippen LogP contribution in [0.25, 0.3) is 0 Å². The summed E-state index contributed by atoms with van der Waals surface area (Å²) in [5.41, 5.74) is 0.464. The first-order valence-electron chi connectivity index (χ1n) is 5.70. The van der Waals surface area contributed by atoms with Crippen LogP contribution in [0.4, 0.5) is 0 Å². The minimum absolute atomic E-state index is 0.0421. The zero-order valence-electron chi connectivity index (χ0n) is 10.5. The van der Waals surface area contributed by atoms with Gasteiger partial charge in [0.2, 0.25) is 5.91 Å². The molecule has 1 atom stereocenters. The number of rotatable bonds is 4. The van der Waals surface area contributed by atoms with Crippen LogP contribution in [0.3, 0.4) is 0 Å². The Balaban J connectivity index is 2.58. The van der Waals surface area contributed by atoms with Crippen molar-refractivity contribution in [2.75, 3.05) is 6.54 Å². The first-order chi connectivity index (χ1) is 7.96. The van der Waals surface area contributed by atoms with E-state index in [1.807, 2.05) is 37.3 Å². The monoisotopic (exact) mass is 230 g/mol. The van der Waals surface area contributed by atoms with Gasteiger partial charge in [-0.15, -0.1) is 0 Å². The van der Waals surface area contributed by atoms with Crippen LogP contribution in [-0.4, -0.2) is 12.5 Å². The maximum Gasteiger partial charge on any atom is 0.227 e. The fourth-order valence-corrected chi connectivity index (χ4v) is 1.39. The molecule has 0 heterocycles. The standard InChI is InChI=1S/C14H18N2O/c1-11(12-7-5-4-6-8-12)13(17)16-10-14(2,3)9-15/h4-8,11H,10H2,1-3H3,(H,16,17). The van der Waals surface area contributed by atoms with Crippen molar-refractivity contribution < 1.29 is 4.79 Å². The third-order valence-electron chi connectivity index (χ3n) is 2.70. The van der Waals surface area contributed by atoms with Crippen molar-refractivity contribution in [3.05, 3.63) is 35.9 Å². The minimum atomic E-state index is -0.522. The van der Waals surface area contributed by atoms with Gasteiger partial charge in [-0.25, -0.2) is 0 Å². The van der Waals surface area contributed by atoms with E-state index in [0.717, 1.165) is 5.56 Å². The fourth-order valence-electron chi connectivity index (χ4n) is 1.39. The summed E-state index contributed by atoms with van der Waals surface area (Å²) in [5.74, 6) is -0.231. The third kappa shape index (κ3) is 3.92. The van der Waals surface area contributed by atoms with E-state index < -0.39 is 5.41 Å². The van der Waals surface area contributed by atoms with E-state index >= 15 is 0 Å². The molecule has 0 aromatic heterocycles. The molecule has 0 radical (unpaired) electrons. The van der Waals surface area contributed by atoms with Crippen molar-refractivity contribution in [3.8, 4) is 6.07 Å². The van der Waals surface area contributed by atoms with Crippen LogP contribution in [0, 0.1) is 16.7 Å². The highest BCUT2D eigenvalue weighted by Crippen LogP contribution is 2.16. The van der Waals surface area contributed by atoms with E-state index in [4.69, 9.17) is 5.26 Å². The Morgan fingerprint density at radius 2 is 2.00 bits per heavy atom. The Kier molecular flexibility index (Phi) is 4.28. The predicted molar refractivity (Wildman–Crippen MR) is 67.3 cm³/mol. The van der Waals surface area contributed by atoms with Crippen LogP contribution >= 0.6 is 0 Å². The molecule has 0 fully saturated rings. The number of nitrogens with zero attached hydrogens (tertiary/aromatic N) is 1. The van der Waals surface area contributed by atoms with Gasteiger partial charge in [0.05, 0.1) is 17.4 Å². The lowest BCUT2D eigenvalue weighted by Crippen LogP contribution is -2.35. The van der Waals surface area contributed by atoms with Gasteiger partial charge in [-0.1, -0.05) is 30.3 Å². The molecular weight excluding hydrogens is 212 g/mol. The second-order valence-electron chi connectivity index (χ2n) is 4.85. The molecule has 1 rings (SSSR count). The number of nitrogens with one attached hydrogen (secondary N) is 1. The maximum absolute atomic E-state index is 11.9. The van der Waals surface area contributed by atoms with Crippen LogP contribution in [0.15, 0.2) is 30.3 Å². The summed E-state index contributed by atoms with van der Waals surface area (Å²) in [6.07, 6.45) is 0. The van der Waals surface area contributed by atoms with Gasteiger partial charge in [-0.3, -0.25) is 4.79 Å². The molecule has 0 aliphatic carbocycles. The molecule has 1 aromatic carbocycles. The molecule has 3 nitrogen and oxygen atoms in total. The van der Waals surface area contributed by atoms with Crippen LogP contribution in [0.2, 0.25) is 0 Å². The fraction of sp³-hybridized carbons (Fsp3) is 0.429. The highest BCUT2D eigenvalue weighted by Gasteiger charge is 2.20. The van der Waals surface area contributed by atoms with E-state index in [0.29, 0.717) is 6.54 Å². The predicted octanol–water partition coefficient (Wildman–Crippen LogP) is 2.46. The summed E-state index contributed by atoms with van der Waals surface area (Å²) in [7, 11) is 0. The largest absolute Gasteiger partial charge is 0.354 e. The highest BCUT2D eigenvalue weighted by atomic mass is 16.1. The summed E-state index contributed by atoms with van der Waals surface area (Å²) in [6, 6.07) is 11.8. The molecule has 17 heavy (non-hydrogen) atoms. The summed E-state index contributed by atoms with van der Waals surface area (Å²) in [6.45, 7) is 5.85. The molecule has 0 spiro atoms. The van der Waals surface area contributed by atoms with Crippen molar-refractivity contribution in [1.82, 2.24) is 5.32 Å². The molecule has 3 heteroatoms. The molecule has 1 amide bonds. The van der Waals surface area contributed by atoms with Crippen LogP contribution < -0.4 is 5.32 Å². The van der Waals surface area contributed by atoms with Crippen LogP contribution in [-0.2, 0) is 4.79 Å². The lowest BCUT2D eigenvalue weighted by molar-refractivity contribution is -0.122. The Labute approximate surface area is 102 Å². The van der Waals surface area contributed by atoms with Gasteiger partial charge >= 0.3 is 0 Å². The molecule has 90 valence electrons. The number of carbonyl (C=O) groups excluding carboxylic acids is 1. The van der Waals surface area contributed by atoms with Gasteiger partial charge in [0.25, 0.3) is 0 Å². The van der Waals surface area contributed by atoms with Crippen molar-refractivity contribution in [2.24, 2.45) is 5.41 Å². The Morgan fingerprint density at radius 3 is 2.53 bits per heavy atom. The second-order valence-corrected chi connectivity index (χ2v) is 4.85. The van der Waals surface area contributed by atoms with Gasteiger partial charge in [0.15, 0.2) is 0 Å². The Hall–Kier alpha value is -1.82. The number of benzene rings is 1. The first-order valence-corrected chi connectivity index (χ1v) is 5.70. The molecule has 0 saturated heterocycles. The van der Waals surface area contributed by atoms with E-state index in [2.05, 4.69) is 11.4 Å². The normalized spacial score (nSPS) is 12.6. The van der Waals surface area contributed by atoms with Gasteiger partial charge in [0.1, 0.15) is 0 Å². The number of amides is 1. The Morgan fingerprint density at radius 1 is 1.41 bits per heavy atom. The van der Waals surface area contributed by atoms with Crippen molar-refractivity contribution in [2.45, 2.75) is 26.7 Å². The number of hydrogen-bond acceptors (Lipinski definition) is 2. The SMILES string of the molecule is CC(C(=O)NCC(C)(C)C#N)c1ccccc1. The average Bonchev–Trinajstić information content (AvgIpc) is 2.36. The molecule has 0 aliphatic rings. The average molecular weight is 230 g/mol. The number of nitriles is 1. The van der Waals surface area contributed by atoms with Crippen LogP contribution in [0.1, 0.15) is 32.3 Å². The van der Waals surface area contributed by atoms with Crippen LogP contribution in [0.5, 0.6) is 0 Å². The Bertz CT molecular complexity index is 418. The molecule has 1 aromatic rings. The second kappa shape index (κ2) is 5.49. The quantitative estimate of drug-likeness (QED) is 0.863. The van der Waals surface area contributed by atoms with Gasteiger partial charge in [-0.2, -0.15) is 5.26 Å². The van der Waals surface area contributed by atoms with Gasteiger partial charge < -0.3 is 5.32 Å². The summed E-state index contributed by atoms with van der Waals surface area (Å²) in [4.78, 5) is 11.9. The summed E-state index contributed by atoms with van der Waals surface area (Å²) in [5, 5.41) is 11.7.